The van der Waals surface area contributed by atoms with Gasteiger partial charge in [0.25, 0.3) is 0 Å². The molecule has 0 aliphatic heterocycles. The molecule has 20 heavy (non-hydrogen) atoms. The second-order valence-electron chi connectivity index (χ2n) is 4.71. The molecule has 2 heterocycles. The van der Waals surface area contributed by atoms with Crippen LogP contribution in [0.3, 0.4) is 0 Å². The minimum Gasteiger partial charge on any atom is -0.312 e. The van der Waals surface area contributed by atoms with E-state index in [1.54, 1.807) is 4.68 Å². The first-order valence-corrected chi connectivity index (χ1v) is 8.65. The number of aryl methyl sites for hydroxylation is 3. The van der Waals surface area contributed by atoms with Gasteiger partial charge in [-0.1, -0.05) is 0 Å². The number of alkyl halides is 1. The van der Waals surface area contributed by atoms with Gasteiger partial charge in [0.15, 0.2) is 5.65 Å². The van der Waals surface area contributed by atoms with Crippen molar-refractivity contribution < 1.29 is 8.42 Å². The number of nitrogens with zero attached hydrogens (tertiary/aromatic N) is 4. The highest BCUT2D eigenvalue weighted by molar-refractivity contribution is 7.88. The molecule has 0 fully saturated rings. The van der Waals surface area contributed by atoms with Crippen molar-refractivity contribution in [2.75, 3.05) is 12.8 Å². The number of halogens is 1. The third kappa shape index (κ3) is 3.13. The molecule has 0 saturated heterocycles. The summed E-state index contributed by atoms with van der Waals surface area (Å²) in [5.74, 6) is 1.09. The van der Waals surface area contributed by atoms with E-state index >= 15 is 0 Å². The number of rotatable bonds is 6. The van der Waals surface area contributed by atoms with Crippen molar-refractivity contribution in [1.29, 1.82) is 0 Å². The quantitative estimate of drug-likeness (QED) is 0.629. The van der Waals surface area contributed by atoms with Crippen LogP contribution < -0.4 is 4.72 Å². The number of imidazole rings is 1. The van der Waals surface area contributed by atoms with Crippen LogP contribution in [0.5, 0.6) is 0 Å². The van der Waals surface area contributed by atoms with Crippen LogP contribution in [0.15, 0.2) is 0 Å². The largest absolute Gasteiger partial charge is 0.312 e. The van der Waals surface area contributed by atoms with Gasteiger partial charge >= 0.3 is 0 Å². The van der Waals surface area contributed by atoms with Gasteiger partial charge in [0.2, 0.25) is 10.0 Å². The maximum absolute atomic E-state index is 11.0. The Morgan fingerprint density at radius 3 is 2.70 bits per heavy atom. The molecule has 0 aliphatic rings. The Labute approximate surface area is 123 Å². The fourth-order valence-corrected chi connectivity index (χ4v) is 2.93. The Hall–Kier alpha value is -1.12. The molecule has 0 spiro atoms. The molecule has 0 aromatic carbocycles. The molecule has 112 valence electrons. The van der Waals surface area contributed by atoms with Gasteiger partial charge in [-0.25, -0.2) is 18.1 Å². The van der Waals surface area contributed by atoms with Crippen molar-refractivity contribution in [2.24, 2.45) is 7.05 Å². The Morgan fingerprint density at radius 2 is 2.10 bits per heavy atom. The van der Waals surface area contributed by atoms with E-state index in [1.165, 1.54) is 0 Å². The van der Waals surface area contributed by atoms with Crippen LogP contribution in [-0.2, 0) is 29.5 Å². The first-order chi connectivity index (χ1) is 9.33. The van der Waals surface area contributed by atoms with E-state index in [-0.39, 0.29) is 0 Å². The Kier molecular flexibility index (Phi) is 4.36. The summed E-state index contributed by atoms with van der Waals surface area (Å²) in [6, 6.07) is 0. The predicted octanol–water partition coefficient (Wildman–Crippen LogP) is 0.756. The van der Waals surface area contributed by atoms with Crippen molar-refractivity contribution in [3.8, 4) is 0 Å². The molecule has 2 aromatic rings. The van der Waals surface area contributed by atoms with Gasteiger partial charge < -0.3 is 4.57 Å². The molecule has 7 nitrogen and oxygen atoms in total. The van der Waals surface area contributed by atoms with Crippen LogP contribution in [0.1, 0.15) is 17.9 Å². The molecular formula is C11H18ClN5O2S. The summed E-state index contributed by atoms with van der Waals surface area (Å²) in [5.41, 5.74) is 2.62. The number of hydrogen-bond acceptors (Lipinski definition) is 4. The summed E-state index contributed by atoms with van der Waals surface area (Å²) in [6.45, 7) is 2.93. The molecule has 2 aromatic heterocycles. The number of fused-ring (bicyclic) bond motifs is 1. The van der Waals surface area contributed by atoms with E-state index in [0.29, 0.717) is 25.4 Å². The van der Waals surface area contributed by atoms with Crippen molar-refractivity contribution in [1.82, 2.24) is 24.1 Å². The number of hydrogen-bond donors (Lipinski definition) is 1. The summed E-state index contributed by atoms with van der Waals surface area (Å²) in [6.07, 6.45) is 1.81. The van der Waals surface area contributed by atoms with Gasteiger partial charge in [-0.15, -0.1) is 11.6 Å². The van der Waals surface area contributed by atoms with E-state index in [9.17, 15) is 8.42 Å². The summed E-state index contributed by atoms with van der Waals surface area (Å²) in [4.78, 5) is 4.49. The van der Waals surface area contributed by atoms with Gasteiger partial charge in [-0.05, 0) is 13.3 Å². The molecule has 0 amide bonds. The topological polar surface area (TPSA) is 81.8 Å². The summed E-state index contributed by atoms with van der Waals surface area (Å²) >= 11 is 5.93. The van der Waals surface area contributed by atoms with Gasteiger partial charge in [-0.3, -0.25) is 4.68 Å². The van der Waals surface area contributed by atoms with Crippen LogP contribution in [-0.4, -0.2) is 40.5 Å². The average Bonchev–Trinajstić information content (AvgIpc) is 2.83. The fraction of sp³-hybridized carbons (Fsp3) is 0.636. The van der Waals surface area contributed by atoms with Gasteiger partial charge in [0.1, 0.15) is 11.3 Å². The highest BCUT2D eigenvalue weighted by Gasteiger charge is 2.16. The molecule has 0 atom stereocenters. The highest BCUT2D eigenvalue weighted by atomic mass is 35.5. The van der Waals surface area contributed by atoms with Crippen LogP contribution in [0.4, 0.5) is 0 Å². The third-order valence-electron chi connectivity index (χ3n) is 3.01. The second-order valence-corrected chi connectivity index (χ2v) is 6.81. The monoisotopic (exact) mass is 319 g/mol. The van der Waals surface area contributed by atoms with Crippen molar-refractivity contribution in [2.45, 2.75) is 25.8 Å². The zero-order valence-electron chi connectivity index (χ0n) is 11.7. The minimum absolute atomic E-state index is 0.313. The highest BCUT2D eigenvalue weighted by Crippen LogP contribution is 2.20. The zero-order valence-corrected chi connectivity index (χ0v) is 13.3. The summed E-state index contributed by atoms with van der Waals surface area (Å²) < 4.78 is 28.3. The summed E-state index contributed by atoms with van der Waals surface area (Å²) in [5, 5.41) is 4.33. The molecule has 0 radical (unpaired) electrons. The first-order valence-electron chi connectivity index (χ1n) is 6.23. The SMILES string of the molecule is Cc1nn(C)c2c1nc(CCl)n2CCCNS(C)(=O)=O. The lowest BCUT2D eigenvalue weighted by atomic mass is 10.4. The smallest absolute Gasteiger partial charge is 0.208 e. The van der Waals surface area contributed by atoms with Crippen LogP contribution in [0.25, 0.3) is 11.2 Å². The average molecular weight is 320 g/mol. The predicted molar refractivity (Wildman–Crippen MR) is 78.3 cm³/mol. The third-order valence-corrected chi connectivity index (χ3v) is 3.98. The Morgan fingerprint density at radius 1 is 1.40 bits per heavy atom. The standard InChI is InChI=1S/C11H18ClN5O2S/c1-8-10-11(16(2)15-8)17(9(7-12)14-10)6-4-5-13-20(3,18)19/h13H,4-7H2,1-3H3. The maximum Gasteiger partial charge on any atom is 0.208 e. The van der Waals surface area contributed by atoms with E-state index in [4.69, 9.17) is 11.6 Å². The first kappa shape index (κ1) is 15.3. The Balaban J connectivity index is 2.20. The zero-order chi connectivity index (χ0) is 14.9. The van der Waals surface area contributed by atoms with E-state index < -0.39 is 10.0 Å². The molecule has 2 rings (SSSR count). The lowest BCUT2D eigenvalue weighted by molar-refractivity contribution is 0.571. The molecule has 0 saturated carbocycles. The van der Waals surface area contributed by atoms with Crippen LogP contribution in [0.2, 0.25) is 0 Å². The van der Waals surface area contributed by atoms with Crippen molar-refractivity contribution in [3.05, 3.63) is 11.5 Å². The minimum atomic E-state index is -3.15. The molecule has 0 bridgehead atoms. The van der Waals surface area contributed by atoms with E-state index in [1.807, 2.05) is 18.5 Å². The molecule has 9 heteroatoms. The molecule has 0 unspecified atom stereocenters. The van der Waals surface area contributed by atoms with Gasteiger partial charge in [0, 0.05) is 20.1 Å². The number of aromatic nitrogens is 4. The lowest BCUT2D eigenvalue weighted by Gasteiger charge is -2.08. The lowest BCUT2D eigenvalue weighted by Crippen LogP contribution is -2.24. The van der Waals surface area contributed by atoms with Gasteiger partial charge in [-0.2, -0.15) is 5.10 Å². The van der Waals surface area contributed by atoms with Crippen LogP contribution in [0, 0.1) is 6.92 Å². The van der Waals surface area contributed by atoms with Crippen molar-refractivity contribution in [3.63, 3.8) is 0 Å². The van der Waals surface area contributed by atoms with Gasteiger partial charge in [0.05, 0.1) is 17.8 Å². The van der Waals surface area contributed by atoms with Crippen molar-refractivity contribution >= 4 is 32.8 Å². The Bertz CT molecular complexity index is 719. The molecular weight excluding hydrogens is 302 g/mol. The summed E-state index contributed by atoms with van der Waals surface area (Å²) in [7, 11) is -1.28. The van der Waals surface area contributed by atoms with Crippen LogP contribution >= 0.6 is 11.6 Å². The van der Waals surface area contributed by atoms with E-state index in [0.717, 1.165) is 28.9 Å². The fourth-order valence-electron chi connectivity index (χ4n) is 2.21. The molecule has 1 N–H and O–H groups in total. The second kappa shape index (κ2) is 5.71. The maximum atomic E-state index is 11.0. The number of nitrogens with one attached hydrogen (secondary N) is 1. The number of sulfonamides is 1. The molecule has 0 aliphatic carbocycles. The van der Waals surface area contributed by atoms with E-state index in [2.05, 4.69) is 14.8 Å². The normalized spacial score (nSPS) is 12.4.